The summed E-state index contributed by atoms with van der Waals surface area (Å²) in [6.07, 6.45) is 0. The molecule has 0 saturated heterocycles. The van der Waals surface area contributed by atoms with Gasteiger partial charge in [0.25, 0.3) is 0 Å². The maximum atomic E-state index is 6.27. The molecule has 5 nitrogen and oxygen atoms in total. The smallest absolute Gasteiger partial charge is 0.145 e. The van der Waals surface area contributed by atoms with Crippen molar-refractivity contribution in [2.45, 2.75) is 0 Å². The Morgan fingerprint density at radius 1 is 0.314 bits per heavy atom. The average molecular weight is 895 g/mol. The zero-order valence-corrected chi connectivity index (χ0v) is 37.9. The van der Waals surface area contributed by atoms with Crippen molar-refractivity contribution in [3.8, 4) is 17.1 Å². The molecule has 5 heteroatoms. The number of anilines is 6. The molecular formula is C65H42N4O. The molecule has 0 N–H and O–H groups in total. The van der Waals surface area contributed by atoms with Crippen molar-refractivity contribution < 1.29 is 4.42 Å². The van der Waals surface area contributed by atoms with Gasteiger partial charge in [0.1, 0.15) is 17.0 Å². The quantitative estimate of drug-likeness (QED) is 0.142. The minimum atomic E-state index is 0.879. The summed E-state index contributed by atoms with van der Waals surface area (Å²) in [6.45, 7) is 0. The van der Waals surface area contributed by atoms with Gasteiger partial charge >= 0.3 is 0 Å². The number of rotatable bonds is 8. The van der Waals surface area contributed by atoms with Crippen LogP contribution in [0.3, 0.4) is 0 Å². The highest BCUT2D eigenvalue weighted by Crippen LogP contribution is 2.43. The number of para-hydroxylation sites is 4. The predicted octanol–water partition coefficient (Wildman–Crippen LogP) is 18.1. The molecule has 14 rings (SSSR count). The molecule has 0 bridgehead atoms. The number of fused-ring (bicyclic) bond motifs is 9. The van der Waals surface area contributed by atoms with E-state index in [1.54, 1.807) is 0 Å². The summed E-state index contributed by atoms with van der Waals surface area (Å²) in [5.74, 6) is 0.907. The van der Waals surface area contributed by atoms with Gasteiger partial charge in [0, 0.05) is 56.1 Å². The fourth-order valence-electron chi connectivity index (χ4n) is 10.5. The van der Waals surface area contributed by atoms with Crippen LogP contribution in [0, 0.1) is 0 Å². The van der Waals surface area contributed by atoms with E-state index in [0.29, 0.717) is 0 Å². The fourth-order valence-corrected chi connectivity index (χ4v) is 10.5. The summed E-state index contributed by atoms with van der Waals surface area (Å²) < 4.78 is 8.52. The number of nitrogens with zero attached hydrogens (tertiary/aromatic N) is 4. The second-order valence-electron chi connectivity index (χ2n) is 18.0. The van der Waals surface area contributed by atoms with Crippen LogP contribution in [0.25, 0.3) is 93.1 Å². The predicted molar refractivity (Wildman–Crippen MR) is 293 cm³/mol. The first-order valence-corrected chi connectivity index (χ1v) is 23.8. The third-order valence-corrected chi connectivity index (χ3v) is 13.9. The molecule has 0 saturated carbocycles. The molecule has 0 aliphatic carbocycles. The van der Waals surface area contributed by atoms with Crippen LogP contribution >= 0.6 is 0 Å². The minimum Gasteiger partial charge on any atom is -0.456 e. The lowest BCUT2D eigenvalue weighted by atomic mass is 9.99. The molecule has 0 fully saturated rings. The summed E-state index contributed by atoms with van der Waals surface area (Å²) in [5.41, 5.74) is 12.4. The van der Waals surface area contributed by atoms with Gasteiger partial charge < -0.3 is 14.2 Å². The Kier molecular flexibility index (Phi) is 9.14. The Morgan fingerprint density at radius 3 is 1.46 bits per heavy atom. The Balaban J connectivity index is 0.876. The van der Waals surface area contributed by atoms with E-state index in [0.717, 1.165) is 84.2 Å². The van der Waals surface area contributed by atoms with E-state index in [1.807, 2.05) is 12.1 Å². The molecule has 0 spiro atoms. The molecule has 12 aromatic carbocycles. The highest BCUT2D eigenvalue weighted by atomic mass is 16.3. The standard InChI is InChI=1S/C65H42N4O/c1-2-16-50(17-3-1)69-62-20-10-9-19-61(62)66-65(69)45-26-28-51(29-27-45)67(52-30-24-43-12-4-6-14-46(43)38-52)54-32-35-57-48(40-54)22-23-49-41-55(33-36-58(49)57)68(53-31-25-44-13-5-7-15-47(44)39-53)56-34-37-64-60(42-56)59-18-8-11-21-63(59)70-64/h1-42H. The number of benzene rings is 12. The van der Waals surface area contributed by atoms with E-state index in [1.165, 1.54) is 43.1 Å². The molecule has 0 unspecified atom stereocenters. The van der Waals surface area contributed by atoms with Crippen molar-refractivity contribution in [2.75, 3.05) is 9.80 Å². The Labute approximate surface area is 403 Å². The molecule has 0 radical (unpaired) electrons. The highest BCUT2D eigenvalue weighted by molar-refractivity contribution is 6.11. The van der Waals surface area contributed by atoms with Crippen molar-refractivity contribution in [1.82, 2.24) is 9.55 Å². The largest absolute Gasteiger partial charge is 0.456 e. The van der Waals surface area contributed by atoms with E-state index in [4.69, 9.17) is 9.40 Å². The average Bonchev–Trinajstić information content (AvgIpc) is 4.00. The van der Waals surface area contributed by atoms with Crippen LogP contribution < -0.4 is 9.80 Å². The van der Waals surface area contributed by atoms with E-state index in [9.17, 15) is 0 Å². The van der Waals surface area contributed by atoms with Crippen molar-refractivity contribution in [3.05, 3.63) is 255 Å². The molecule has 0 amide bonds. The minimum absolute atomic E-state index is 0.879. The van der Waals surface area contributed by atoms with Crippen molar-refractivity contribution in [2.24, 2.45) is 0 Å². The van der Waals surface area contributed by atoms with Crippen LogP contribution in [0.2, 0.25) is 0 Å². The third-order valence-electron chi connectivity index (χ3n) is 13.9. The second kappa shape index (κ2) is 16.1. The van der Waals surface area contributed by atoms with Crippen molar-refractivity contribution in [1.29, 1.82) is 0 Å². The summed E-state index contributed by atoms with van der Waals surface area (Å²) >= 11 is 0. The lowest BCUT2D eigenvalue weighted by Crippen LogP contribution is -2.10. The fraction of sp³-hybridized carbons (Fsp3) is 0. The molecule has 2 heterocycles. The van der Waals surface area contributed by atoms with Crippen molar-refractivity contribution in [3.63, 3.8) is 0 Å². The molecule has 2 aromatic heterocycles. The number of hydrogen-bond acceptors (Lipinski definition) is 4. The van der Waals surface area contributed by atoms with Gasteiger partial charge in [-0.1, -0.05) is 133 Å². The summed E-state index contributed by atoms with van der Waals surface area (Å²) in [7, 11) is 0. The molecule has 328 valence electrons. The van der Waals surface area contributed by atoms with Crippen molar-refractivity contribution >= 4 is 110 Å². The van der Waals surface area contributed by atoms with E-state index >= 15 is 0 Å². The molecule has 14 aromatic rings. The molecule has 70 heavy (non-hydrogen) atoms. The Hall–Kier alpha value is -9.45. The van der Waals surface area contributed by atoms with E-state index < -0.39 is 0 Å². The SMILES string of the molecule is c1ccc(-n2c(-c3ccc(N(c4ccc5ccccc5c4)c4ccc5c(ccc6cc(N(c7ccc8ccccc8c7)c7ccc8oc9ccccc9c8c7)ccc65)c4)cc3)nc3ccccc32)cc1. The van der Waals surface area contributed by atoms with Crippen LogP contribution in [-0.2, 0) is 0 Å². The molecule has 0 atom stereocenters. The summed E-state index contributed by atoms with van der Waals surface area (Å²) in [5, 5.41) is 11.7. The number of furan rings is 1. The zero-order valence-electron chi connectivity index (χ0n) is 37.9. The van der Waals surface area contributed by atoms with Gasteiger partial charge in [0.2, 0.25) is 0 Å². The van der Waals surface area contributed by atoms with Gasteiger partial charge in [0.15, 0.2) is 0 Å². The summed E-state index contributed by atoms with van der Waals surface area (Å²) in [4.78, 5) is 9.89. The topological polar surface area (TPSA) is 37.4 Å². The lowest BCUT2D eigenvalue weighted by Gasteiger charge is -2.27. The Bertz CT molecular complexity index is 4320. The van der Waals surface area contributed by atoms with Gasteiger partial charge in [-0.3, -0.25) is 4.57 Å². The number of aromatic nitrogens is 2. The molecule has 0 aliphatic rings. The normalized spacial score (nSPS) is 11.7. The van der Waals surface area contributed by atoms with Gasteiger partial charge in [-0.25, -0.2) is 4.98 Å². The lowest BCUT2D eigenvalue weighted by molar-refractivity contribution is 0.669. The highest BCUT2D eigenvalue weighted by Gasteiger charge is 2.20. The van der Waals surface area contributed by atoms with Gasteiger partial charge in [0.05, 0.1) is 11.0 Å². The Morgan fingerprint density at radius 2 is 0.786 bits per heavy atom. The first-order chi connectivity index (χ1) is 34.7. The van der Waals surface area contributed by atoms with E-state index in [-0.39, 0.29) is 0 Å². The third kappa shape index (κ3) is 6.67. The van der Waals surface area contributed by atoms with Gasteiger partial charge in [-0.15, -0.1) is 0 Å². The van der Waals surface area contributed by atoms with Gasteiger partial charge in [-0.05, 0) is 164 Å². The first kappa shape index (κ1) is 39.7. The molecule has 0 aliphatic heterocycles. The number of hydrogen-bond donors (Lipinski definition) is 0. The monoisotopic (exact) mass is 894 g/mol. The van der Waals surface area contributed by atoms with E-state index in [2.05, 4.69) is 257 Å². The van der Waals surface area contributed by atoms with Crippen LogP contribution in [0.5, 0.6) is 0 Å². The second-order valence-corrected chi connectivity index (χ2v) is 18.0. The maximum absolute atomic E-state index is 6.27. The van der Waals surface area contributed by atoms with Gasteiger partial charge in [-0.2, -0.15) is 0 Å². The summed E-state index contributed by atoms with van der Waals surface area (Å²) in [6, 6.07) is 91.4. The first-order valence-electron chi connectivity index (χ1n) is 23.8. The van der Waals surface area contributed by atoms with Crippen LogP contribution in [0.1, 0.15) is 0 Å². The zero-order chi connectivity index (χ0) is 46.1. The maximum Gasteiger partial charge on any atom is 0.145 e. The van der Waals surface area contributed by atoms with Crippen LogP contribution in [0.4, 0.5) is 34.1 Å². The van der Waals surface area contributed by atoms with Crippen LogP contribution in [0.15, 0.2) is 259 Å². The molecular weight excluding hydrogens is 853 g/mol. The number of imidazole rings is 1. The van der Waals surface area contributed by atoms with Crippen LogP contribution in [-0.4, -0.2) is 9.55 Å².